The Morgan fingerprint density at radius 3 is 2.82 bits per heavy atom. The van der Waals surface area contributed by atoms with Crippen LogP contribution >= 0.6 is 0 Å². The predicted molar refractivity (Wildman–Crippen MR) is 65.2 cm³/mol. The van der Waals surface area contributed by atoms with Crippen LogP contribution in [-0.2, 0) is 13.2 Å². The maximum atomic E-state index is 5.65. The molecule has 2 rings (SSSR count). The summed E-state index contributed by atoms with van der Waals surface area (Å²) in [5.74, 6) is 1.62. The van der Waals surface area contributed by atoms with Crippen molar-refractivity contribution >= 4 is 0 Å². The molecule has 0 amide bonds. The van der Waals surface area contributed by atoms with Gasteiger partial charge in [-0.1, -0.05) is 18.2 Å². The molecular weight excluding hydrogens is 216 g/mol. The van der Waals surface area contributed by atoms with Gasteiger partial charge in [-0.15, -0.1) is 0 Å². The molecular formula is C13H16N2O2. The van der Waals surface area contributed by atoms with Crippen LogP contribution in [-0.4, -0.2) is 16.9 Å². The van der Waals surface area contributed by atoms with Gasteiger partial charge in [0.2, 0.25) is 0 Å². The van der Waals surface area contributed by atoms with Crippen LogP contribution in [0, 0.1) is 0 Å². The number of para-hydroxylation sites is 1. The molecule has 0 spiro atoms. The average molecular weight is 232 g/mol. The van der Waals surface area contributed by atoms with Crippen LogP contribution in [0.4, 0.5) is 0 Å². The summed E-state index contributed by atoms with van der Waals surface area (Å²) in [6.07, 6.45) is 3.61. The zero-order chi connectivity index (χ0) is 12.1. The third kappa shape index (κ3) is 2.78. The normalized spacial score (nSPS) is 10.2. The predicted octanol–water partition coefficient (Wildman–Crippen LogP) is 2.49. The Morgan fingerprint density at radius 2 is 2.12 bits per heavy atom. The van der Waals surface area contributed by atoms with Gasteiger partial charge in [0.1, 0.15) is 12.4 Å². The molecule has 90 valence electrons. The molecule has 4 nitrogen and oxygen atoms in total. The fourth-order valence-corrected chi connectivity index (χ4v) is 1.58. The van der Waals surface area contributed by atoms with E-state index in [2.05, 4.69) is 5.10 Å². The fraction of sp³-hybridized carbons (Fsp3) is 0.308. The van der Waals surface area contributed by atoms with Crippen molar-refractivity contribution in [3.05, 3.63) is 42.2 Å². The third-order valence-corrected chi connectivity index (χ3v) is 2.52. The van der Waals surface area contributed by atoms with Gasteiger partial charge in [-0.3, -0.25) is 4.68 Å². The summed E-state index contributed by atoms with van der Waals surface area (Å²) in [4.78, 5) is 0. The van der Waals surface area contributed by atoms with Gasteiger partial charge in [-0.2, -0.15) is 5.10 Å². The molecule has 2 aromatic rings. The molecule has 17 heavy (non-hydrogen) atoms. The molecule has 0 radical (unpaired) electrons. The lowest BCUT2D eigenvalue weighted by Gasteiger charge is -2.08. The quantitative estimate of drug-likeness (QED) is 0.794. The van der Waals surface area contributed by atoms with Crippen molar-refractivity contribution in [1.82, 2.24) is 9.78 Å². The Morgan fingerprint density at radius 1 is 1.29 bits per heavy atom. The summed E-state index contributed by atoms with van der Waals surface area (Å²) in [6.45, 7) is 3.37. The summed E-state index contributed by atoms with van der Waals surface area (Å²) < 4.78 is 12.7. The van der Waals surface area contributed by atoms with Crippen molar-refractivity contribution in [3.63, 3.8) is 0 Å². The second-order valence-electron chi connectivity index (χ2n) is 3.63. The molecule has 1 heterocycles. The van der Waals surface area contributed by atoms with E-state index >= 15 is 0 Å². The van der Waals surface area contributed by atoms with Crippen LogP contribution in [0.25, 0.3) is 0 Å². The zero-order valence-electron chi connectivity index (χ0n) is 10.1. The summed E-state index contributed by atoms with van der Waals surface area (Å²) in [5, 5.41) is 4.15. The standard InChI is InChI=1S/C13H16N2O2/c1-3-15-9-12(8-14-15)17-10-11-6-4-5-7-13(11)16-2/h4-9H,3,10H2,1-2H3. The van der Waals surface area contributed by atoms with Gasteiger partial charge in [0.15, 0.2) is 5.75 Å². The number of aromatic nitrogens is 2. The highest BCUT2D eigenvalue weighted by Gasteiger charge is 2.03. The van der Waals surface area contributed by atoms with Crippen LogP contribution in [0.15, 0.2) is 36.7 Å². The van der Waals surface area contributed by atoms with E-state index in [1.54, 1.807) is 13.3 Å². The molecule has 0 aliphatic carbocycles. The van der Waals surface area contributed by atoms with Gasteiger partial charge < -0.3 is 9.47 Å². The lowest BCUT2D eigenvalue weighted by molar-refractivity contribution is 0.296. The molecule has 4 heteroatoms. The van der Waals surface area contributed by atoms with E-state index in [4.69, 9.17) is 9.47 Å². The van der Waals surface area contributed by atoms with E-state index in [0.29, 0.717) is 6.61 Å². The Hall–Kier alpha value is -1.97. The van der Waals surface area contributed by atoms with E-state index in [0.717, 1.165) is 23.6 Å². The van der Waals surface area contributed by atoms with Gasteiger partial charge in [0, 0.05) is 12.1 Å². The Bertz CT molecular complexity index is 480. The highest BCUT2D eigenvalue weighted by Crippen LogP contribution is 2.19. The first-order chi connectivity index (χ1) is 8.33. The monoisotopic (exact) mass is 232 g/mol. The second kappa shape index (κ2) is 5.39. The maximum Gasteiger partial charge on any atom is 0.157 e. The minimum absolute atomic E-state index is 0.486. The van der Waals surface area contributed by atoms with E-state index in [1.165, 1.54) is 0 Å². The van der Waals surface area contributed by atoms with Crippen LogP contribution in [0.3, 0.4) is 0 Å². The van der Waals surface area contributed by atoms with Crippen LogP contribution < -0.4 is 9.47 Å². The van der Waals surface area contributed by atoms with Gasteiger partial charge in [-0.05, 0) is 13.0 Å². The molecule has 0 aliphatic heterocycles. The molecule has 0 saturated heterocycles. The molecule has 1 aromatic heterocycles. The number of nitrogens with zero attached hydrogens (tertiary/aromatic N) is 2. The summed E-state index contributed by atoms with van der Waals surface area (Å²) in [5.41, 5.74) is 1.03. The number of benzene rings is 1. The zero-order valence-corrected chi connectivity index (χ0v) is 10.1. The summed E-state index contributed by atoms with van der Waals surface area (Å²) in [6, 6.07) is 7.82. The van der Waals surface area contributed by atoms with Crippen LogP contribution in [0.1, 0.15) is 12.5 Å². The Balaban J connectivity index is 2.01. The van der Waals surface area contributed by atoms with E-state index < -0.39 is 0 Å². The lowest BCUT2D eigenvalue weighted by atomic mass is 10.2. The van der Waals surface area contributed by atoms with E-state index in [9.17, 15) is 0 Å². The highest BCUT2D eigenvalue weighted by atomic mass is 16.5. The number of rotatable bonds is 5. The van der Waals surface area contributed by atoms with E-state index in [1.807, 2.05) is 42.1 Å². The number of methoxy groups -OCH3 is 1. The molecule has 0 saturated carbocycles. The number of aryl methyl sites for hydroxylation is 1. The summed E-state index contributed by atoms with van der Waals surface area (Å²) >= 11 is 0. The first-order valence-electron chi connectivity index (χ1n) is 5.60. The van der Waals surface area contributed by atoms with Crippen molar-refractivity contribution < 1.29 is 9.47 Å². The molecule has 0 unspecified atom stereocenters. The fourth-order valence-electron chi connectivity index (χ4n) is 1.58. The lowest BCUT2D eigenvalue weighted by Crippen LogP contribution is -1.98. The molecule has 0 atom stereocenters. The SMILES string of the molecule is CCn1cc(OCc2ccccc2OC)cn1. The van der Waals surface area contributed by atoms with Crippen molar-refractivity contribution in [1.29, 1.82) is 0 Å². The maximum absolute atomic E-state index is 5.65. The molecule has 0 N–H and O–H groups in total. The average Bonchev–Trinajstić information content (AvgIpc) is 2.84. The van der Waals surface area contributed by atoms with Crippen LogP contribution in [0.2, 0.25) is 0 Å². The van der Waals surface area contributed by atoms with Gasteiger partial charge in [0.25, 0.3) is 0 Å². The number of ether oxygens (including phenoxy) is 2. The van der Waals surface area contributed by atoms with Gasteiger partial charge in [0.05, 0.1) is 19.5 Å². The first kappa shape index (κ1) is 11.5. The highest BCUT2D eigenvalue weighted by molar-refractivity contribution is 5.33. The topological polar surface area (TPSA) is 36.3 Å². The molecule has 0 aliphatic rings. The number of hydrogen-bond acceptors (Lipinski definition) is 3. The van der Waals surface area contributed by atoms with Crippen molar-refractivity contribution in [3.8, 4) is 11.5 Å². The van der Waals surface area contributed by atoms with Crippen molar-refractivity contribution in [2.75, 3.05) is 7.11 Å². The second-order valence-corrected chi connectivity index (χ2v) is 3.63. The Kier molecular flexibility index (Phi) is 3.65. The third-order valence-electron chi connectivity index (χ3n) is 2.52. The Labute approximate surface area is 101 Å². The summed E-state index contributed by atoms with van der Waals surface area (Å²) in [7, 11) is 1.66. The molecule has 0 fully saturated rings. The van der Waals surface area contributed by atoms with Gasteiger partial charge in [-0.25, -0.2) is 0 Å². The molecule has 1 aromatic carbocycles. The first-order valence-corrected chi connectivity index (χ1v) is 5.60. The van der Waals surface area contributed by atoms with Gasteiger partial charge >= 0.3 is 0 Å². The van der Waals surface area contributed by atoms with Crippen molar-refractivity contribution in [2.24, 2.45) is 0 Å². The minimum Gasteiger partial charge on any atom is -0.496 e. The van der Waals surface area contributed by atoms with Crippen molar-refractivity contribution in [2.45, 2.75) is 20.1 Å². The van der Waals surface area contributed by atoms with Crippen LogP contribution in [0.5, 0.6) is 11.5 Å². The number of hydrogen-bond donors (Lipinski definition) is 0. The smallest absolute Gasteiger partial charge is 0.157 e. The minimum atomic E-state index is 0.486. The molecule has 0 bridgehead atoms. The van der Waals surface area contributed by atoms with E-state index in [-0.39, 0.29) is 0 Å². The largest absolute Gasteiger partial charge is 0.496 e.